The van der Waals surface area contributed by atoms with Crippen LogP contribution in [0.3, 0.4) is 0 Å². The highest BCUT2D eigenvalue weighted by Crippen LogP contribution is 2.29. The number of hydrogen-bond donors (Lipinski definition) is 0. The Morgan fingerprint density at radius 2 is 1.84 bits per heavy atom. The minimum Gasteiger partial charge on any atom is -0.339 e. The van der Waals surface area contributed by atoms with Gasteiger partial charge in [-0.25, -0.2) is 0 Å². The highest BCUT2D eigenvalue weighted by Gasteiger charge is 2.25. The van der Waals surface area contributed by atoms with Gasteiger partial charge in [-0.3, -0.25) is 9.59 Å². The predicted molar refractivity (Wildman–Crippen MR) is 73.3 cm³/mol. The van der Waals surface area contributed by atoms with E-state index in [0.29, 0.717) is 0 Å². The average molecular weight is 258 g/mol. The summed E-state index contributed by atoms with van der Waals surface area (Å²) in [5.41, 5.74) is 2.83. The molecule has 0 spiro atoms. The fourth-order valence-corrected chi connectivity index (χ4v) is 2.96. The molecule has 1 saturated heterocycles. The summed E-state index contributed by atoms with van der Waals surface area (Å²) in [6.45, 7) is 4.05. The van der Waals surface area contributed by atoms with Gasteiger partial charge in [0.05, 0.1) is 0 Å². The van der Waals surface area contributed by atoms with Crippen molar-refractivity contribution in [2.45, 2.75) is 26.2 Å². The maximum absolute atomic E-state index is 12.3. The molecule has 0 radical (unpaired) electrons. The second-order valence-corrected chi connectivity index (χ2v) is 5.26. The van der Waals surface area contributed by atoms with Gasteiger partial charge in [-0.15, -0.1) is 0 Å². The predicted octanol–water partition coefficient (Wildman–Crippen LogP) is 1.83. The van der Waals surface area contributed by atoms with Gasteiger partial charge in [0.15, 0.2) is 0 Å². The maximum atomic E-state index is 12.3. The lowest BCUT2D eigenvalue weighted by Crippen LogP contribution is -2.27. The lowest BCUT2D eigenvalue weighted by Gasteiger charge is -2.17. The summed E-state index contributed by atoms with van der Waals surface area (Å²) in [6, 6.07) is 5.71. The van der Waals surface area contributed by atoms with Gasteiger partial charge >= 0.3 is 0 Å². The average Bonchev–Trinajstić information content (AvgIpc) is 3.06. The van der Waals surface area contributed by atoms with Gasteiger partial charge in [-0.2, -0.15) is 0 Å². The summed E-state index contributed by atoms with van der Waals surface area (Å²) in [6.07, 6.45) is 3.06. The fourth-order valence-electron chi connectivity index (χ4n) is 2.96. The van der Waals surface area contributed by atoms with Gasteiger partial charge in [0.1, 0.15) is 0 Å². The van der Waals surface area contributed by atoms with Gasteiger partial charge in [0.2, 0.25) is 5.91 Å². The molecule has 2 aliphatic heterocycles. The molecule has 4 nitrogen and oxygen atoms in total. The lowest BCUT2D eigenvalue weighted by atomic mass is 10.1. The lowest BCUT2D eigenvalue weighted by molar-refractivity contribution is -0.116. The summed E-state index contributed by atoms with van der Waals surface area (Å²) in [5, 5.41) is 0. The van der Waals surface area contributed by atoms with Crippen LogP contribution in [0.25, 0.3) is 0 Å². The highest BCUT2D eigenvalue weighted by atomic mass is 16.2. The Labute approximate surface area is 113 Å². The van der Waals surface area contributed by atoms with E-state index in [1.54, 1.807) is 11.8 Å². The standard InChI is InChI=1S/C15H18N2O2/c1-11(18)17-9-6-12-10-13(4-5-14(12)17)15(19)16-7-2-3-8-16/h4-5,10H,2-3,6-9H2,1H3. The molecule has 0 N–H and O–H groups in total. The van der Waals surface area contributed by atoms with Crippen LogP contribution < -0.4 is 4.90 Å². The van der Waals surface area contributed by atoms with Crippen molar-refractivity contribution in [3.8, 4) is 0 Å². The van der Waals surface area contributed by atoms with Crippen LogP contribution in [0.15, 0.2) is 18.2 Å². The molecule has 4 heteroatoms. The Bertz CT molecular complexity index is 533. The quantitative estimate of drug-likeness (QED) is 0.771. The third-order valence-electron chi connectivity index (χ3n) is 4.00. The van der Waals surface area contributed by atoms with Crippen LogP contribution in [0.5, 0.6) is 0 Å². The Balaban J connectivity index is 1.86. The van der Waals surface area contributed by atoms with Gasteiger partial charge < -0.3 is 9.80 Å². The second-order valence-electron chi connectivity index (χ2n) is 5.26. The number of carbonyl (C=O) groups excluding carboxylic acids is 2. The van der Waals surface area contributed by atoms with Crippen LogP contribution in [0.2, 0.25) is 0 Å². The number of nitrogens with zero attached hydrogens (tertiary/aromatic N) is 2. The molecule has 0 unspecified atom stereocenters. The molecule has 0 aliphatic carbocycles. The Hall–Kier alpha value is -1.84. The van der Waals surface area contributed by atoms with E-state index in [4.69, 9.17) is 0 Å². The molecule has 0 atom stereocenters. The summed E-state index contributed by atoms with van der Waals surface area (Å²) in [7, 11) is 0. The van der Waals surface area contributed by atoms with Crippen LogP contribution in [0.4, 0.5) is 5.69 Å². The van der Waals surface area contributed by atoms with Crippen LogP contribution in [0, 0.1) is 0 Å². The van der Waals surface area contributed by atoms with Crippen LogP contribution in [-0.4, -0.2) is 36.3 Å². The van der Waals surface area contributed by atoms with Gasteiger partial charge in [-0.1, -0.05) is 0 Å². The minimum absolute atomic E-state index is 0.0670. The van der Waals surface area contributed by atoms with Gasteiger partial charge in [0.25, 0.3) is 5.91 Å². The Morgan fingerprint density at radius 1 is 1.11 bits per heavy atom. The molecule has 2 heterocycles. The molecule has 1 fully saturated rings. The van der Waals surface area contributed by atoms with Crippen molar-refractivity contribution in [2.24, 2.45) is 0 Å². The van der Waals surface area contributed by atoms with E-state index in [-0.39, 0.29) is 11.8 Å². The first kappa shape index (κ1) is 12.2. The smallest absolute Gasteiger partial charge is 0.253 e. The monoisotopic (exact) mass is 258 g/mol. The molecule has 2 aliphatic rings. The molecule has 1 aromatic carbocycles. The first-order valence-corrected chi connectivity index (χ1v) is 6.87. The zero-order valence-electron chi connectivity index (χ0n) is 11.2. The minimum atomic E-state index is 0.0670. The number of rotatable bonds is 1. The largest absolute Gasteiger partial charge is 0.339 e. The molecule has 0 bridgehead atoms. The number of anilines is 1. The molecule has 3 rings (SSSR count). The number of fused-ring (bicyclic) bond motifs is 1. The van der Waals surface area contributed by atoms with Gasteiger partial charge in [-0.05, 0) is 43.0 Å². The van der Waals surface area contributed by atoms with Crippen molar-refractivity contribution >= 4 is 17.5 Å². The fraction of sp³-hybridized carbons (Fsp3) is 0.467. The molecular formula is C15H18N2O2. The molecule has 19 heavy (non-hydrogen) atoms. The van der Waals surface area contributed by atoms with E-state index in [9.17, 15) is 9.59 Å². The van der Waals surface area contributed by atoms with Crippen LogP contribution >= 0.6 is 0 Å². The number of benzene rings is 1. The number of amides is 2. The molecule has 100 valence electrons. The number of hydrogen-bond acceptors (Lipinski definition) is 2. The number of carbonyl (C=O) groups is 2. The Morgan fingerprint density at radius 3 is 2.53 bits per heavy atom. The summed E-state index contributed by atoms with van der Waals surface area (Å²) in [5.74, 6) is 0.193. The molecule has 0 saturated carbocycles. The molecule has 0 aromatic heterocycles. The van der Waals surface area contributed by atoms with E-state index >= 15 is 0 Å². The topological polar surface area (TPSA) is 40.6 Å². The zero-order valence-corrected chi connectivity index (χ0v) is 11.2. The van der Waals surface area contributed by atoms with Crippen LogP contribution in [-0.2, 0) is 11.2 Å². The summed E-state index contributed by atoms with van der Waals surface area (Å²) < 4.78 is 0. The second kappa shape index (κ2) is 4.68. The van der Waals surface area contributed by atoms with E-state index in [2.05, 4.69) is 0 Å². The normalized spacial score (nSPS) is 17.7. The van der Waals surface area contributed by atoms with E-state index in [1.165, 1.54) is 0 Å². The van der Waals surface area contributed by atoms with Crippen LogP contribution in [0.1, 0.15) is 35.7 Å². The van der Waals surface area contributed by atoms with Crippen molar-refractivity contribution in [3.05, 3.63) is 29.3 Å². The van der Waals surface area contributed by atoms with E-state index in [1.807, 2.05) is 23.1 Å². The molecule has 2 amide bonds. The zero-order chi connectivity index (χ0) is 13.4. The van der Waals surface area contributed by atoms with E-state index in [0.717, 1.165) is 55.7 Å². The number of likely N-dealkylation sites (tertiary alicyclic amines) is 1. The highest BCUT2D eigenvalue weighted by molar-refractivity contribution is 5.98. The first-order chi connectivity index (χ1) is 9.16. The third-order valence-corrected chi connectivity index (χ3v) is 4.00. The SMILES string of the molecule is CC(=O)N1CCc2cc(C(=O)N3CCCC3)ccc21. The van der Waals surface area contributed by atoms with Crippen molar-refractivity contribution < 1.29 is 9.59 Å². The van der Waals surface area contributed by atoms with Gasteiger partial charge in [0, 0.05) is 37.8 Å². The summed E-state index contributed by atoms with van der Waals surface area (Å²) in [4.78, 5) is 27.5. The van der Waals surface area contributed by atoms with E-state index < -0.39 is 0 Å². The van der Waals surface area contributed by atoms with Crippen molar-refractivity contribution in [3.63, 3.8) is 0 Å². The third kappa shape index (κ3) is 2.11. The van der Waals surface area contributed by atoms with Crippen molar-refractivity contribution in [1.82, 2.24) is 4.90 Å². The maximum Gasteiger partial charge on any atom is 0.253 e. The molecule has 1 aromatic rings. The van der Waals surface area contributed by atoms with Crippen molar-refractivity contribution in [2.75, 3.05) is 24.5 Å². The first-order valence-electron chi connectivity index (χ1n) is 6.87. The van der Waals surface area contributed by atoms with Crippen molar-refractivity contribution in [1.29, 1.82) is 0 Å². The molecular weight excluding hydrogens is 240 g/mol. The Kier molecular flexibility index (Phi) is 3.01. The summed E-state index contributed by atoms with van der Waals surface area (Å²) >= 11 is 0.